The summed E-state index contributed by atoms with van der Waals surface area (Å²) in [5.41, 5.74) is -1.68. The third kappa shape index (κ3) is 3.32. The van der Waals surface area contributed by atoms with Crippen LogP contribution < -0.4 is 9.88 Å². The molecule has 1 aliphatic heterocycles. The van der Waals surface area contributed by atoms with Crippen LogP contribution in [-0.4, -0.2) is 33.8 Å². The molecule has 0 radical (unpaired) electrons. The number of fused-ring (bicyclic) bond motifs is 1. The van der Waals surface area contributed by atoms with E-state index in [4.69, 9.17) is 14.6 Å². The second-order valence-electron chi connectivity index (χ2n) is 7.69. The largest absolute Gasteiger partial charge is 0.493 e. The molecule has 1 saturated heterocycles. The number of hydrogen-bond acceptors (Lipinski definition) is 6. The smallest absolute Gasteiger partial charge is 0.417 e. The fourth-order valence-electron chi connectivity index (χ4n) is 4.20. The molecule has 1 aliphatic rings. The van der Waals surface area contributed by atoms with Gasteiger partial charge in [0.15, 0.2) is 17.2 Å². The van der Waals surface area contributed by atoms with E-state index in [2.05, 4.69) is 15.0 Å². The molecular formula is C20H19F5N4O2S. The maximum absolute atomic E-state index is 14.5. The number of H-pyrrole nitrogens is 1. The molecule has 2 aromatic heterocycles. The lowest BCUT2D eigenvalue weighted by Crippen LogP contribution is -2.46. The molecule has 0 aliphatic carbocycles. The number of benzene rings is 1. The number of nitrogens with one attached hydrogen (secondary N) is 1. The maximum Gasteiger partial charge on any atom is 0.417 e. The zero-order valence-corrected chi connectivity index (χ0v) is 17.9. The van der Waals surface area contributed by atoms with E-state index in [1.165, 1.54) is 19.2 Å². The molecule has 3 heterocycles. The summed E-state index contributed by atoms with van der Waals surface area (Å²) in [4.78, 5) is 11.5. The number of nitrogens with zero attached hydrogens (tertiary/aromatic N) is 2. The van der Waals surface area contributed by atoms with Crippen LogP contribution in [0.3, 0.4) is 0 Å². The van der Waals surface area contributed by atoms with Gasteiger partial charge in [0, 0.05) is 23.6 Å². The van der Waals surface area contributed by atoms with E-state index in [-0.39, 0.29) is 11.4 Å². The van der Waals surface area contributed by atoms with Crippen LogP contribution >= 0.6 is 11.9 Å². The van der Waals surface area contributed by atoms with E-state index in [0.717, 1.165) is 32.0 Å². The summed E-state index contributed by atoms with van der Waals surface area (Å²) in [5.74, 6) is -5.10. The summed E-state index contributed by atoms with van der Waals surface area (Å²) < 4.78 is 81.1. The van der Waals surface area contributed by atoms with Crippen LogP contribution in [0, 0.1) is 17.6 Å². The molecule has 0 amide bonds. The second-order valence-corrected chi connectivity index (χ2v) is 8.32. The summed E-state index contributed by atoms with van der Waals surface area (Å²) >= 11 is 0.840. The quantitative estimate of drug-likeness (QED) is 0.408. The molecule has 3 aromatic rings. The lowest BCUT2D eigenvalue weighted by molar-refractivity contribution is -0.275. The normalized spacial score (nSPS) is 26.1. The first-order valence-electron chi connectivity index (χ1n) is 9.51. The maximum atomic E-state index is 14.5. The SMILES string of the molecule is COc1c(C2C(C)[C@](C)(C(F)(F)F)O[C@H]2c2nc3c(SN)nccc3[nH]2)ccc(F)c1F. The van der Waals surface area contributed by atoms with Gasteiger partial charge in [-0.3, -0.25) is 5.14 Å². The Morgan fingerprint density at radius 3 is 2.59 bits per heavy atom. The summed E-state index contributed by atoms with van der Waals surface area (Å²) in [6, 6.07) is 3.66. The number of hydrogen-bond donors (Lipinski definition) is 2. The van der Waals surface area contributed by atoms with E-state index in [1.54, 1.807) is 6.07 Å². The number of methoxy groups -OCH3 is 1. The van der Waals surface area contributed by atoms with Crippen molar-refractivity contribution in [3.8, 4) is 5.75 Å². The third-order valence-electron chi connectivity index (χ3n) is 6.08. The molecule has 0 spiro atoms. The molecule has 172 valence electrons. The summed E-state index contributed by atoms with van der Waals surface area (Å²) in [6.45, 7) is 2.28. The Morgan fingerprint density at radius 1 is 1.25 bits per heavy atom. The van der Waals surface area contributed by atoms with Gasteiger partial charge >= 0.3 is 6.18 Å². The molecule has 4 rings (SSSR count). The van der Waals surface area contributed by atoms with Gasteiger partial charge < -0.3 is 14.5 Å². The molecule has 32 heavy (non-hydrogen) atoms. The predicted molar refractivity (Wildman–Crippen MR) is 107 cm³/mol. The van der Waals surface area contributed by atoms with Gasteiger partial charge in [-0.15, -0.1) is 0 Å². The van der Waals surface area contributed by atoms with Crippen LogP contribution in [-0.2, 0) is 4.74 Å². The number of rotatable bonds is 4. The molecule has 1 fully saturated rings. The van der Waals surface area contributed by atoms with Gasteiger partial charge in [-0.05, 0) is 31.0 Å². The van der Waals surface area contributed by atoms with Crippen molar-refractivity contribution in [2.75, 3.05) is 7.11 Å². The second kappa shape index (κ2) is 7.85. The highest BCUT2D eigenvalue weighted by Crippen LogP contribution is 2.59. The average Bonchev–Trinajstić information content (AvgIpc) is 3.29. The van der Waals surface area contributed by atoms with Crippen LogP contribution in [0.25, 0.3) is 11.0 Å². The van der Waals surface area contributed by atoms with E-state index >= 15 is 0 Å². The Hall–Kier alpha value is -2.44. The number of pyridine rings is 1. The number of aromatic amines is 1. The van der Waals surface area contributed by atoms with E-state index in [0.29, 0.717) is 16.1 Å². The van der Waals surface area contributed by atoms with E-state index in [9.17, 15) is 22.0 Å². The van der Waals surface area contributed by atoms with Crippen LogP contribution in [0.1, 0.15) is 37.3 Å². The molecule has 2 unspecified atom stereocenters. The van der Waals surface area contributed by atoms with Crippen molar-refractivity contribution in [3.63, 3.8) is 0 Å². The van der Waals surface area contributed by atoms with E-state index < -0.39 is 47.1 Å². The van der Waals surface area contributed by atoms with E-state index in [1.807, 2.05) is 0 Å². The predicted octanol–water partition coefficient (Wildman–Crippen LogP) is 5.02. The Kier molecular flexibility index (Phi) is 5.58. The van der Waals surface area contributed by atoms with Crippen molar-refractivity contribution in [1.82, 2.24) is 15.0 Å². The van der Waals surface area contributed by atoms with Gasteiger partial charge in [-0.1, -0.05) is 13.0 Å². The lowest BCUT2D eigenvalue weighted by atomic mass is 9.77. The lowest BCUT2D eigenvalue weighted by Gasteiger charge is -2.32. The van der Waals surface area contributed by atoms with Crippen LogP contribution in [0.5, 0.6) is 5.75 Å². The Labute approximate surface area is 183 Å². The Balaban J connectivity index is 1.93. The monoisotopic (exact) mass is 474 g/mol. The third-order valence-corrected chi connectivity index (χ3v) is 6.60. The van der Waals surface area contributed by atoms with Crippen molar-refractivity contribution in [3.05, 3.63) is 47.4 Å². The van der Waals surface area contributed by atoms with Gasteiger partial charge in [-0.2, -0.15) is 17.6 Å². The average molecular weight is 474 g/mol. The standard InChI is InChI=1S/C20H19F5N4O2S/c1-8-12(9-4-5-10(21)13(22)15(9)30-3)16(31-19(8,2)20(23,24)25)17-28-11-6-7-27-18(32-26)14(11)29-17/h4-8,12,16H,26H2,1-3H3,(H,28,29)/t8?,12?,16-,19-/m1/s1. The minimum atomic E-state index is -4.74. The van der Waals surface area contributed by atoms with Gasteiger partial charge in [-0.25, -0.2) is 14.4 Å². The van der Waals surface area contributed by atoms with Crippen molar-refractivity contribution >= 4 is 23.0 Å². The molecule has 0 saturated carbocycles. The van der Waals surface area contributed by atoms with Gasteiger partial charge in [0.25, 0.3) is 0 Å². The number of imidazole rings is 1. The van der Waals surface area contributed by atoms with Gasteiger partial charge in [0.1, 0.15) is 22.5 Å². The first kappa shape index (κ1) is 22.7. The zero-order valence-electron chi connectivity index (χ0n) is 17.1. The highest BCUT2D eigenvalue weighted by Gasteiger charge is 2.65. The number of nitrogens with two attached hydrogens (primary N) is 1. The summed E-state index contributed by atoms with van der Waals surface area (Å²) in [5, 5.41) is 5.99. The van der Waals surface area contributed by atoms with Gasteiger partial charge in [0.2, 0.25) is 5.82 Å². The van der Waals surface area contributed by atoms with Crippen LogP contribution in [0.15, 0.2) is 29.4 Å². The van der Waals surface area contributed by atoms with Crippen molar-refractivity contribution in [2.45, 2.75) is 42.7 Å². The molecule has 4 atom stereocenters. The highest BCUT2D eigenvalue weighted by molar-refractivity contribution is 7.97. The molecule has 3 N–H and O–H groups in total. The van der Waals surface area contributed by atoms with Gasteiger partial charge in [0.05, 0.1) is 12.6 Å². The molecule has 12 heteroatoms. The summed E-state index contributed by atoms with van der Waals surface area (Å²) in [6.07, 6.45) is -4.52. The zero-order chi connectivity index (χ0) is 23.4. The number of halogens is 5. The molecule has 1 aromatic carbocycles. The van der Waals surface area contributed by atoms with Crippen molar-refractivity contribution in [1.29, 1.82) is 0 Å². The minimum absolute atomic E-state index is 0.0453. The number of ether oxygens (including phenoxy) is 2. The minimum Gasteiger partial charge on any atom is -0.493 e. The molecular weight excluding hydrogens is 455 g/mol. The number of aromatic nitrogens is 3. The van der Waals surface area contributed by atoms with Crippen LogP contribution in [0.2, 0.25) is 0 Å². The first-order chi connectivity index (χ1) is 15.0. The first-order valence-corrected chi connectivity index (χ1v) is 10.4. The molecule has 6 nitrogen and oxygen atoms in total. The Bertz CT molecular complexity index is 1170. The Morgan fingerprint density at radius 2 is 1.97 bits per heavy atom. The molecule has 0 bridgehead atoms. The highest BCUT2D eigenvalue weighted by atomic mass is 32.2. The fourth-order valence-corrected chi connectivity index (χ4v) is 4.59. The number of alkyl halides is 3. The fraction of sp³-hybridized carbons (Fsp3) is 0.400. The van der Waals surface area contributed by atoms with Crippen LogP contribution in [0.4, 0.5) is 22.0 Å². The topological polar surface area (TPSA) is 86.1 Å². The van der Waals surface area contributed by atoms with Crippen molar-refractivity contribution in [2.24, 2.45) is 11.1 Å². The summed E-state index contributed by atoms with van der Waals surface area (Å²) in [7, 11) is 1.12. The van der Waals surface area contributed by atoms with Crippen molar-refractivity contribution < 1.29 is 31.4 Å².